The maximum absolute atomic E-state index is 12.2. The maximum atomic E-state index is 12.2. The molecule has 0 bridgehead atoms. The van der Waals surface area contributed by atoms with Crippen molar-refractivity contribution in [1.29, 1.82) is 0 Å². The fourth-order valence-corrected chi connectivity index (χ4v) is 2.25. The fraction of sp³-hybridized carbons (Fsp3) is 0.0714. The molecule has 0 saturated heterocycles. The number of rotatable bonds is 3. The number of carbonyl (C=O) groups is 2. The lowest BCUT2D eigenvalue weighted by Crippen LogP contribution is -2.14. The molecule has 0 radical (unpaired) electrons. The molecule has 0 fully saturated rings. The van der Waals surface area contributed by atoms with Gasteiger partial charge in [-0.2, -0.15) is 0 Å². The minimum Gasteiger partial charge on any atom is -0.478 e. The number of hydrogen-bond donors (Lipinski definition) is 2. The molecule has 1 aromatic heterocycles. The van der Waals surface area contributed by atoms with Crippen molar-refractivity contribution in [3.8, 4) is 0 Å². The summed E-state index contributed by atoms with van der Waals surface area (Å²) in [6.07, 6.45) is 2.64. The monoisotopic (exact) mass is 382 g/mol. The number of carbonyl (C=O) groups excluding carboxylic acids is 1. The van der Waals surface area contributed by atoms with E-state index >= 15 is 0 Å². The second kappa shape index (κ2) is 6.00. The highest BCUT2D eigenvalue weighted by molar-refractivity contribution is 14.1. The van der Waals surface area contributed by atoms with Gasteiger partial charge in [-0.05, 0) is 47.2 Å². The highest BCUT2D eigenvalue weighted by Gasteiger charge is 2.12. The van der Waals surface area contributed by atoms with E-state index in [9.17, 15) is 9.59 Å². The van der Waals surface area contributed by atoms with Crippen LogP contribution in [0.2, 0.25) is 0 Å². The van der Waals surface area contributed by atoms with Crippen LogP contribution in [0, 0.1) is 10.5 Å². The quantitative estimate of drug-likeness (QED) is 0.801. The summed E-state index contributed by atoms with van der Waals surface area (Å²) in [5.74, 6) is -1.37. The lowest BCUT2D eigenvalue weighted by atomic mass is 10.1. The van der Waals surface area contributed by atoms with Crippen LogP contribution >= 0.6 is 22.6 Å². The van der Waals surface area contributed by atoms with Gasteiger partial charge < -0.3 is 10.4 Å². The molecule has 0 aliphatic carbocycles. The smallest absolute Gasteiger partial charge is 0.337 e. The molecule has 2 aromatic rings. The van der Waals surface area contributed by atoms with Crippen LogP contribution in [0.3, 0.4) is 0 Å². The number of hydrogen-bond acceptors (Lipinski definition) is 3. The topological polar surface area (TPSA) is 79.3 Å². The van der Waals surface area contributed by atoms with Gasteiger partial charge in [-0.1, -0.05) is 12.1 Å². The number of pyridine rings is 1. The van der Waals surface area contributed by atoms with Gasteiger partial charge in [0, 0.05) is 9.77 Å². The molecule has 1 heterocycles. The molecule has 0 atom stereocenters. The van der Waals surface area contributed by atoms with Gasteiger partial charge in [0.15, 0.2) is 0 Å². The highest BCUT2D eigenvalue weighted by Crippen LogP contribution is 2.18. The molecule has 0 saturated carbocycles. The third-order valence-electron chi connectivity index (χ3n) is 2.68. The number of aryl methyl sites for hydroxylation is 1. The number of aromatic nitrogens is 1. The molecule has 102 valence electrons. The number of benzene rings is 1. The van der Waals surface area contributed by atoms with Crippen LogP contribution in [0.5, 0.6) is 0 Å². The van der Waals surface area contributed by atoms with Crippen molar-refractivity contribution in [1.82, 2.24) is 4.98 Å². The Kier molecular flexibility index (Phi) is 4.33. The molecule has 2 rings (SSSR count). The molecule has 0 aliphatic rings. The molecule has 20 heavy (non-hydrogen) atoms. The van der Waals surface area contributed by atoms with Crippen LogP contribution < -0.4 is 5.32 Å². The van der Waals surface area contributed by atoms with E-state index in [4.69, 9.17) is 5.11 Å². The Labute approximate surface area is 129 Å². The molecule has 0 spiro atoms. The summed E-state index contributed by atoms with van der Waals surface area (Å²) < 4.78 is 0.866. The van der Waals surface area contributed by atoms with Gasteiger partial charge in [0.2, 0.25) is 0 Å². The Balaban J connectivity index is 2.26. The van der Waals surface area contributed by atoms with Gasteiger partial charge in [0.1, 0.15) is 0 Å². The number of carboxylic acids is 1. The summed E-state index contributed by atoms with van der Waals surface area (Å²) in [6, 6.07) is 6.82. The van der Waals surface area contributed by atoms with Crippen molar-refractivity contribution in [2.45, 2.75) is 6.92 Å². The van der Waals surface area contributed by atoms with Crippen molar-refractivity contribution in [3.05, 3.63) is 56.9 Å². The van der Waals surface area contributed by atoms with E-state index in [0.29, 0.717) is 11.3 Å². The predicted octanol–water partition coefficient (Wildman–Crippen LogP) is 2.95. The Morgan fingerprint density at radius 3 is 2.75 bits per heavy atom. The summed E-state index contributed by atoms with van der Waals surface area (Å²) >= 11 is 2.11. The Bertz CT molecular complexity index is 686. The minimum atomic E-state index is -1.08. The van der Waals surface area contributed by atoms with E-state index < -0.39 is 5.97 Å². The lowest BCUT2D eigenvalue weighted by molar-refractivity contribution is 0.0696. The minimum absolute atomic E-state index is 0.0294. The molecule has 1 aromatic carbocycles. The molecule has 2 N–H and O–H groups in total. The van der Waals surface area contributed by atoms with Crippen LogP contribution in [0.25, 0.3) is 0 Å². The highest BCUT2D eigenvalue weighted by atomic mass is 127. The molecule has 0 unspecified atom stereocenters. The lowest BCUT2D eigenvalue weighted by Gasteiger charge is -2.08. The molecule has 6 heteroatoms. The van der Waals surface area contributed by atoms with Crippen LogP contribution in [-0.2, 0) is 0 Å². The standard InChI is InChI=1S/C14H11IN2O3/c1-8-3-2-4-11(12(8)15)13(18)17-10-5-9(14(19)20)6-16-7-10/h2-7H,1H3,(H,17,18)(H,19,20). The van der Waals surface area contributed by atoms with Gasteiger partial charge >= 0.3 is 5.97 Å². The second-order valence-electron chi connectivity index (χ2n) is 4.16. The number of anilines is 1. The zero-order valence-corrected chi connectivity index (χ0v) is 12.7. The normalized spacial score (nSPS) is 10.1. The van der Waals surface area contributed by atoms with E-state index in [2.05, 4.69) is 32.9 Å². The number of nitrogens with zero attached hydrogens (tertiary/aromatic N) is 1. The maximum Gasteiger partial charge on any atom is 0.337 e. The van der Waals surface area contributed by atoms with Crippen LogP contribution in [0.1, 0.15) is 26.3 Å². The van der Waals surface area contributed by atoms with Crippen LogP contribution in [-0.4, -0.2) is 22.0 Å². The summed E-state index contributed by atoms with van der Waals surface area (Å²) in [5, 5.41) is 11.5. The Hall–Kier alpha value is -1.96. The van der Waals surface area contributed by atoms with Crippen LogP contribution in [0.15, 0.2) is 36.7 Å². The van der Waals surface area contributed by atoms with E-state index in [1.54, 1.807) is 12.1 Å². The van der Waals surface area contributed by atoms with E-state index in [1.165, 1.54) is 18.5 Å². The molecule has 0 aliphatic heterocycles. The number of halogens is 1. The van der Waals surface area contributed by atoms with Gasteiger partial charge in [-0.3, -0.25) is 9.78 Å². The first-order valence-electron chi connectivity index (χ1n) is 5.74. The van der Waals surface area contributed by atoms with Crippen molar-refractivity contribution >= 4 is 40.2 Å². The fourth-order valence-electron chi connectivity index (χ4n) is 1.65. The van der Waals surface area contributed by atoms with Crippen molar-refractivity contribution in [3.63, 3.8) is 0 Å². The van der Waals surface area contributed by atoms with Gasteiger partial charge in [-0.15, -0.1) is 0 Å². The summed E-state index contributed by atoms with van der Waals surface area (Å²) in [7, 11) is 0. The number of amides is 1. The number of nitrogens with one attached hydrogen (secondary N) is 1. The molecule has 1 amide bonds. The van der Waals surface area contributed by atoms with Crippen molar-refractivity contribution in [2.75, 3.05) is 5.32 Å². The van der Waals surface area contributed by atoms with Gasteiger partial charge in [0.05, 0.1) is 23.0 Å². The third kappa shape index (κ3) is 3.13. The van der Waals surface area contributed by atoms with Crippen molar-refractivity contribution < 1.29 is 14.7 Å². The molecular weight excluding hydrogens is 371 g/mol. The number of carboxylic acid groups (broad SMARTS) is 1. The largest absolute Gasteiger partial charge is 0.478 e. The van der Waals surface area contributed by atoms with E-state index in [1.807, 2.05) is 13.0 Å². The second-order valence-corrected chi connectivity index (χ2v) is 5.24. The predicted molar refractivity (Wildman–Crippen MR) is 83.0 cm³/mol. The van der Waals surface area contributed by atoms with Crippen molar-refractivity contribution in [2.24, 2.45) is 0 Å². The first kappa shape index (κ1) is 14.4. The molecular formula is C14H11IN2O3. The summed E-state index contributed by atoms with van der Waals surface area (Å²) in [4.78, 5) is 26.8. The van der Waals surface area contributed by atoms with Gasteiger partial charge in [0.25, 0.3) is 5.91 Å². The van der Waals surface area contributed by atoms with Gasteiger partial charge in [-0.25, -0.2) is 4.79 Å². The zero-order chi connectivity index (χ0) is 14.7. The first-order chi connectivity index (χ1) is 9.49. The molecule has 5 nitrogen and oxygen atoms in total. The Morgan fingerprint density at radius 1 is 1.30 bits per heavy atom. The summed E-state index contributed by atoms with van der Waals surface area (Å²) in [5.41, 5.74) is 1.94. The van der Waals surface area contributed by atoms with E-state index in [-0.39, 0.29) is 11.5 Å². The summed E-state index contributed by atoms with van der Waals surface area (Å²) in [6.45, 7) is 1.92. The zero-order valence-electron chi connectivity index (χ0n) is 10.6. The Morgan fingerprint density at radius 2 is 2.05 bits per heavy atom. The number of aromatic carboxylic acids is 1. The van der Waals surface area contributed by atoms with Crippen LogP contribution in [0.4, 0.5) is 5.69 Å². The average molecular weight is 382 g/mol. The first-order valence-corrected chi connectivity index (χ1v) is 6.81. The SMILES string of the molecule is Cc1cccc(C(=O)Nc2cncc(C(=O)O)c2)c1I. The van der Waals surface area contributed by atoms with E-state index in [0.717, 1.165) is 9.13 Å². The average Bonchev–Trinajstić information content (AvgIpc) is 2.42. The third-order valence-corrected chi connectivity index (χ3v) is 4.11.